The van der Waals surface area contributed by atoms with E-state index in [4.69, 9.17) is 17.0 Å². The summed E-state index contributed by atoms with van der Waals surface area (Å²) in [5, 5.41) is 4.22. The van der Waals surface area contributed by atoms with Crippen LogP contribution in [0.2, 0.25) is 0 Å². The SMILES string of the molecule is Cc1ccc(Oc2ccc(N3C(=S)N[C@H](c4ccccn4)[C@@H]3c3cccn3-c3ccc(C)cc3)cc2)cc1. The van der Waals surface area contributed by atoms with E-state index in [1.165, 1.54) is 11.1 Å². The van der Waals surface area contributed by atoms with Crippen LogP contribution in [-0.4, -0.2) is 14.7 Å². The first-order valence-corrected chi connectivity index (χ1v) is 13.1. The lowest BCUT2D eigenvalue weighted by Crippen LogP contribution is -2.30. The molecule has 1 aliphatic rings. The average molecular weight is 517 g/mol. The summed E-state index contributed by atoms with van der Waals surface area (Å²) < 4.78 is 8.31. The summed E-state index contributed by atoms with van der Waals surface area (Å²) in [5.41, 5.74) is 6.59. The number of benzene rings is 3. The number of pyridine rings is 1. The first-order chi connectivity index (χ1) is 18.6. The van der Waals surface area contributed by atoms with Crippen LogP contribution in [0, 0.1) is 13.8 Å². The number of ether oxygens (including phenoxy) is 1. The molecule has 5 aromatic rings. The quantitative estimate of drug-likeness (QED) is 0.237. The summed E-state index contributed by atoms with van der Waals surface area (Å²) in [6.45, 7) is 4.17. The predicted molar refractivity (Wildman–Crippen MR) is 156 cm³/mol. The van der Waals surface area contributed by atoms with Gasteiger partial charge in [0.1, 0.15) is 17.5 Å². The maximum absolute atomic E-state index is 6.07. The number of thiocarbonyl (C=S) groups is 1. The average Bonchev–Trinajstić information content (AvgIpc) is 3.56. The van der Waals surface area contributed by atoms with Gasteiger partial charge in [0.25, 0.3) is 0 Å². The van der Waals surface area contributed by atoms with E-state index in [0.717, 1.165) is 34.3 Å². The number of hydrogen-bond acceptors (Lipinski definition) is 3. The zero-order valence-corrected chi connectivity index (χ0v) is 22.1. The molecule has 0 radical (unpaired) electrons. The first-order valence-electron chi connectivity index (χ1n) is 12.7. The van der Waals surface area contributed by atoms with Gasteiger partial charge in [0, 0.05) is 29.5 Å². The van der Waals surface area contributed by atoms with Gasteiger partial charge in [-0.3, -0.25) is 4.98 Å². The number of aryl methyl sites for hydroxylation is 2. The highest BCUT2D eigenvalue weighted by Gasteiger charge is 2.42. The van der Waals surface area contributed by atoms with Crippen molar-refractivity contribution in [3.05, 3.63) is 138 Å². The van der Waals surface area contributed by atoms with E-state index in [9.17, 15) is 0 Å². The molecule has 6 rings (SSSR count). The number of nitrogens with one attached hydrogen (secondary N) is 1. The number of rotatable bonds is 6. The van der Waals surface area contributed by atoms with Gasteiger partial charge in [-0.1, -0.05) is 41.5 Å². The molecule has 188 valence electrons. The topological polar surface area (TPSA) is 42.3 Å². The summed E-state index contributed by atoms with van der Waals surface area (Å²) in [5.74, 6) is 1.59. The van der Waals surface area contributed by atoms with Crippen molar-refractivity contribution in [3.8, 4) is 17.2 Å². The van der Waals surface area contributed by atoms with Crippen molar-refractivity contribution in [2.45, 2.75) is 25.9 Å². The summed E-state index contributed by atoms with van der Waals surface area (Å²) in [6, 6.07) is 34.7. The van der Waals surface area contributed by atoms with Gasteiger partial charge in [-0.15, -0.1) is 0 Å². The largest absolute Gasteiger partial charge is 0.457 e. The second kappa shape index (κ2) is 10.1. The Bertz CT molecular complexity index is 1540. The predicted octanol–water partition coefficient (Wildman–Crippen LogP) is 7.46. The normalized spacial score (nSPS) is 16.9. The Labute approximate surface area is 228 Å². The molecule has 5 nitrogen and oxygen atoms in total. The maximum Gasteiger partial charge on any atom is 0.174 e. The van der Waals surface area contributed by atoms with E-state index in [2.05, 4.69) is 94.4 Å². The van der Waals surface area contributed by atoms with E-state index in [-0.39, 0.29) is 12.1 Å². The molecule has 0 unspecified atom stereocenters. The highest BCUT2D eigenvalue weighted by molar-refractivity contribution is 7.80. The monoisotopic (exact) mass is 516 g/mol. The van der Waals surface area contributed by atoms with Gasteiger partial charge in [0.05, 0.1) is 11.7 Å². The summed E-state index contributed by atoms with van der Waals surface area (Å²) in [6.07, 6.45) is 3.93. The fraction of sp³-hybridized carbons (Fsp3) is 0.125. The van der Waals surface area contributed by atoms with E-state index in [0.29, 0.717) is 5.11 Å². The van der Waals surface area contributed by atoms with Gasteiger partial charge in [-0.2, -0.15) is 0 Å². The number of anilines is 1. The third-order valence-electron chi connectivity index (χ3n) is 6.87. The Hall–Kier alpha value is -4.42. The van der Waals surface area contributed by atoms with Crippen LogP contribution >= 0.6 is 12.2 Å². The Morgan fingerprint density at radius 3 is 2.03 bits per heavy atom. The summed E-state index contributed by atoms with van der Waals surface area (Å²) in [4.78, 5) is 6.87. The van der Waals surface area contributed by atoms with Gasteiger partial charge in [-0.05, 0) is 98.9 Å². The van der Waals surface area contributed by atoms with Gasteiger partial charge in [0.15, 0.2) is 5.11 Å². The third-order valence-corrected chi connectivity index (χ3v) is 7.18. The Morgan fingerprint density at radius 2 is 1.37 bits per heavy atom. The molecule has 1 N–H and O–H groups in total. The highest BCUT2D eigenvalue weighted by Crippen LogP contribution is 2.42. The first kappa shape index (κ1) is 23.9. The van der Waals surface area contributed by atoms with Crippen molar-refractivity contribution in [1.82, 2.24) is 14.9 Å². The van der Waals surface area contributed by atoms with E-state index < -0.39 is 0 Å². The van der Waals surface area contributed by atoms with Crippen molar-refractivity contribution < 1.29 is 4.74 Å². The lowest BCUT2D eigenvalue weighted by molar-refractivity contribution is 0.482. The van der Waals surface area contributed by atoms with Crippen LogP contribution < -0.4 is 15.0 Å². The van der Waals surface area contributed by atoms with Crippen LogP contribution in [0.15, 0.2) is 116 Å². The summed E-state index contributed by atoms with van der Waals surface area (Å²) in [7, 11) is 0. The van der Waals surface area contributed by atoms with Gasteiger partial charge in [-0.25, -0.2) is 0 Å². The Kier molecular flexibility index (Phi) is 6.40. The molecular formula is C32H28N4OS. The minimum atomic E-state index is -0.119. The molecule has 3 aromatic carbocycles. The standard InChI is InChI=1S/C32H28N4OS/c1-22-8-12-24(13-9-22)35-21-5-7-29(35)31-30(28-6-3-4-20-33-28)34-32(38)36(31)25-14-18-27(19-15-25)37-26-16-10-23(2)11-17-26/h3-21,30-31H,1-2H3,(H,34,38)/t30-,31+/m1/s1. The lowest BCUT2D eigenvalue weighted by atomic mass is 10.0. The van der Waals surface area contributed by atoms with Gasteiger partial charge < -0.3 is 19.5 Å². The third kappa shape index (κ3) is 4.66. The van der Waals surface area contributed by atoms with Crippen molar-refractivity contribution in [2.75, 3.05) is 4.90 Å². The Balaban J connectivity index is 1.38. The molecule has 0 bridgehead atoms. The minimum Gasteiger partial charge on any atom is -0.457 e. The van der Waals surface area contributed by atoms with Gasteiger partial charge >= 0.3 is 0 Å². The number of nitrogens with zero attached hydrogens (tertiary/aromatic N) is 3. The molecule has 0 aliphatic carbocycles. The second-order valence-electron chi connectivity index (χ2n) is 9.54. The lowest BCUT2D eigenvalue weighted by Gasteiger charge is -2.29. The van der Waals surface area contributed by atoms with Crippen LogP contribution in [-0.2, 0) is 0 Å². The van der Waals surface area contributed by atoms with Crippen molar-refractivity contribution in [1.29, 1.82) is 0 Å². The van der Waals surface area contributed by atoms with Crippen LogP contribution in [0.4, 0.5) is 5.69 Å². The molecule has 2 atom stereocenters. The molecule has 1 saturated heterocycles. The van der Waals surface area contributed by atoms with Crippen LogP contribution in [0.1, 0.15) is 34.6 Å². The molecule has 6 heteroatoms. The molecule has 1 fully saturated rings. The van der Waals surface area contributed by atoms with E-state index in [1.54, 1.807) is 0 Å². The number of aromatic nitrogens is 2. The molecule has 1 aliphatic heterocycles. The maximum atomic E-state index is 6.07. The van der Waals surface area contributed by atoms with Crippen LogP contribution in [0.3, 0.4) is 0 Å². The fourth-order valence-electron chi connectivity index (χ4n) is 4.93. The fourth-order valence-corrected chi connectivity index (χ4v) is 5.27. The van der Waals surface area contributed by atoms with Crippen LogP contribution in [0.25, 0.3) is 5.69 Å². The zero-order chi connectivity index (χ0) is 26.1. The molecular weight excluding hydrogens is 488 g/mol. The van der Waals surface area contributed by atoms with Crippen LogP contribution in [0.5, 0.6) is 11.5 Å². The summed E-state index contributed by atoms with van der Waals surface area (Å²) >= 11 is 5.92. The minimum absolute atomic E-state index is 0.113. The van der Waals surface area contributed by atoms with Crippen molar-refractivity contribution >= 4 is 23.0 Å². The zero-order valence-electron chi connectivity index (χ0n) is 21.3. The molecule has 0 amide bonds. The molecule has 2 aromatic heterocycles. The number of hydrogen-bond donors (Lipinski definition) is 1. The Morgan fingerprint density at radius 1 is 0.737 bits per heavy atom. The molecule has 3 heterocycles. The second-order valence-corrected chi connectivity index (χ2v) is 9.93. The molecule has 0 saturated carbocycles. The van der Waals surface area contributed by atoms with E-state index in [1.807, 2.05) is 54.7 Å². The molecule has 38 heavy (non-hydrogen) atoms. The molecule has 0 spiro atoms. The highest BCUT2D eigenvalue weighted by atomic mass is 32.1. The van der Waals surface area contributed by atoms with Crippen molar-refractivity contribution in [2.24, 2.45) is 0 Å². The smallest absolute Gasteiger partial charge is 0.174 e. The van der Waals surface area contributed by atoms with Crippen molar-refractivity contribution in [3.63, 3.8) is 0 Å². The van der Waals surface area contributed by atoms with Gasteiger partial charge in [0.2, 0.25) is 0 Å². The van der Waals surface area contributed by atoms with E-state index >= 15 is 0 Å².